The normalized spacial score (nSPS) is 20.3. The van der Waals surface area contributed by atoms with Crippen LogP contribution in [-0.2, 0) is 37.8 Å². The highest BCUT2D eigenvalue weighted by atomic mass is 16.7. The summed E-state index contributed by atoms with van der Waals surface area (Å²) in [4.78, 5) is 0. The monoisotopic (exact) mass is 586 g/mol. The summed E-state index contributed by atoms with van der Waals surface area (Å²) in [5.41, 5.74) is 4.15. The third-order valence-electron chi connectivity index (χ3n) is 8.10. The fourth-order valence-electron chi connectivity index (χ4n) is 5.94. The van der Waals surface area contributed by atoms with Crippen molar-refractivity contribution in [2.75, 3.05) is 6.61 Å². The smallest absolute Gasteiger partial charge is 0.157 e. The average Bonchev–Trinajstić information content (AvgIpc) is 3.09. The Bertz CT molecular complexity index is 1430. The molecule has 1 unspecified atom stereocenters. The minimum Gasteiger partial charge on any atom is -0.371 e. The van der Waals surface area contributed by atoms with E-state index in [-0.39, 0.29) is 6.61 Å². The van der Waals surface area contributed by atoms with Crippen molar-refractivity contribution in [2.45, 2.75) is 49.8 Å². The van der Waals surface area contributed by atoms with Crippen molar-refractivity contribution in [1.82, 2.24) is 0 Å². The number of hydrogen-bond donors (Lipinski definition) is 1. The molecule has 5 heteroatoms. The number of rotatable bonds is 12. The van der Waals surface area contributed by atoms with Crippen LogP contribution in [0.5, 0.6) is 0 Å². The van der Waals surface area contributed by atoms with Crippen molar-refractivity contribution >= 4 is 0 Å². The van der Waals surface area contributed by atoms with Crippen molar-refractivity contribution < 1.29 is 24.1 Å². The zero-order valence-electron chi connectivity index (χ0n) is 24.7. The van der Waals surface area contributed by atoms with Crippen molar-refractivity contribution in [3.05, 3.63) is 179 Å². The summed E-state index contributed by atoms with van der Waals surface area (Å²) in [6.45, 7) is 0.938. The molecule has 44 heavy (non-hydrogen) atoms. The van der Waals surface area contributed by atoms with E-state index in [1.165, 1.54) is 0 Å². The minimum atomic E-state index is -1.01. The van der Waals surface area contributed by atoms with Gasteiger partial charge in [0.2, 0.25) is 0 Å². The zero-order chi connectivity index (χ0) is 30.0. The van der Waals surface area contributed by atoms with E-state index in [2.05, 4.69) is 36.4 Å². The quantitative estimate of drug-likeness (QED) is 0.156. The molecule has 1 heterocycles. The molecule has 4 atom stereocenters. The van der Waals surface area contributed by atoms with Gasteiger partial charge in [-0.3, -0.25) is 0 Å². The molecule has 1 aliphatic rings. The fourth-order valence-corrected chi connectivity index (χ4v) is 5.94. The lowest BCUT2D eigenvalue weighted by molar-refractivity contribution is -0.268. The highest BCUT2D eigenvalue weighted by Crippen LogP contribution is 2.41. The van der Waals surface area contributed by atoms with Crippen LogP contribution in [0.2, 0.25) is 0 Å². The molecular formula is C39H38O5. The first-order valence-corrected chi connectivity index (χ1v) is 15.2. The van der Waals surface area contributed by atoms with Crippen molar-refractivity contribution in [2.24, 2.45) is 0 Å². The standard InChI is InChI=1S/C39H38O5/c40-37-26-35(41-27-30-16-6-1-7-17-30)38(42-28-31-18-8-2-9-19-31)36(44-37)29-43-39(32-20-10-3-11-21-32,33-22-12-4-13-23-33)34-24-14-5-15-25-34/h1-25,35-38,40H,26-29H2/t35-,36-,37?,38-/m1/s1. The van der Waals surface area contributed by atoms with Crippen LogP contribution in [0.25, 0.3) is 0 Å². The third kappa shape index (κ3) is 6.99. The van der Waals surface area contributed by atoms with E-state index in [9.17, 15) is 5.11 Å². The minimum absolute atomic E-state index is 0.153. The van der Waals surface area contributed by atoms with Gasteiger partial charge in [-0.15, -0.1) is 0 Å². The Morgan fingerprint density at radius 1 is 0.568 bits per heavy atom. The van der Waals surface area contributed by atoms with E-state index in [4.69, 9.17) is 18.9 Å². The van der Waals surface area contributed by atoms with Crippen LogP contribution in [0.1, 0.15) is 34.2 Å². The molecule has 0 radical (unpaired) electrons. The zero-order valence-corrected chi connectivity index (χ0v) is 24.7. The summed E-state index contributed by atoms with van der Waals surface area (Å²) >= 11 is 0. The van der Waals surface area contributed by atoms with Crippen molar-refractivity contribution in [3.63, 3.8) is 0 Å². The number of aliphatic hydroxyl groups excluding tert-OH is 1. The van der Waals surface area contributed by atoms with Crippen LogP contribution >= 0.6 is 0 Å². The van der Waals surface area contributed by atoms with E-state index < -0.39 is 30.2 Å². The van der Waals surface area contributed by atoms with Gasteiger partial charge in [-0.1, -0.05) is 152 Å². The maximum atomic E-state index is 10.9. The van der Waals surface area contributed by atoms with Crippen LogP contribution in [0, 0.1) is 0 Å². The maximum Gasteiger partial charge on any atom is 0.157 e. The molecule has 1 saturated heterocycles. The maximum absolute atomic E-state index is 10.9. The number of aliphatic hydroxyl groups is 1. The number of ether oxygens (including phenoxy) is 4. The lowest BCUT2D eigenvalue weighted by Gasteiger charge is -2.42. The van der Waals surface area contributed by atoms with Gasteiger partial charge in [-0.05, 0) is 27.8 Å². The van der Waals surface area contributed by atoms with Gasteiger partial charge in [0.1, 0.15) is 17.8 Å². The Morgan fingerprint density at radius 3 is 1.43 bits per heavy atom. The second-order valence-corrected chi connectivity index (χ2v) is 11.1. The highest BCUT2D eigenvalue weighted by Gasteiger charge is 2.44. The largest absolute Gasteiger partial charge is 0.371 e. The number of benzene rings is 5. The topological polar surface area (TPSA) is 57.2 Å². The summed E-state index contributed by atoms with van der Waals surface area (Å²) in [5.74, 6) is 0. The Hall–Kier alpha value is -4.10. The predicted molar refractivity (Wildman–Crippen MR) is 171 cm³/mol. The molecule has 0 saturated carbocycles. The molecule has 0 aliphatic carbocycles. The summed E-state index contributed by atoms with van der Waals surface area (Å²) in [5, 5.41) is 10.9. The Kier molecular flexibility index (Phi) is 9.93. The average molecular weight is 587 g/mol. The SMILES string of the molecule is OC1C[C@@H](OCc2ccccc2)[C@@H](OCc2ccccc2)[C@@H](COC(c2ccccc2)(c2ccccc2)c2ccccc2)O1. The van der Waals surface area contributed by atoms with Crippen molar-refractivity contribution in [1.29, 1.82) is 0 Å². The van der Waals surface area contributed by atoms with E-state index in [0.717, 1.165) is 27.8 Å². The van der Waals surface area contributed by atoms with Gasteiger partial charge in [0.25, 0.3) is 0 Å². The summed E-state index contributed by atoms with van der Waals surface area (Å²) < 4.78 is 26.3. The third-order valence-corrected chi connectivity index (χ3v) is 8.10. The summed E-state index contributed by atoms with van der Waals surface area (Å²) in [7, 11) is 0. The molecule has 0 spiro atoms. The highest BCUT2D eigenvalue weighted by molar-refractivity contribution is 5.47. The van der Waals surface area contributed by atoms with E-state index in [1.54, 1.807) is 0 Å². The fraction of sp³-hybridized carbons (Fsp3) is 0.231. The van der Waals surface area contributed by atoms with E-state index >= 15 is 0 Å². The predicted octanol–water partition coefficient (Wildman–Crippen LogP) is 7.27. The molecule has 224 valence electrons. The first-order chi connectivity index (χ1) is 21.7. The molecule has 6 rings (SSSR count). The molecule has 0 aromatic heterocycles. The van der Waals surface area contributed by atoms with Gasteiger partial charge >= 0.3 is 0 Å². The first kappa shape index (κ1) is 29.9. The van der Waals surface area contributed by atoms with Crippen molar-refractivity contribution in [3.8, 4) is 0 Å². The first-order valence-electron chi connectivity index (χ1n) is 15.2. The van der Waals surface area contributed by atoms with E-state index in [0.29, 0.717) is 19.6 Å². The van der Waals surface area contributed by atoms with Crippen LogP contribution in [0.4, 0.5) is 0 Å². The molecule has 0 amide bonds. The van der Waals surface area contributed by atoms with Gasteiger partial charge in [-0.2, -0.15) is 0 Å². The summed E-state index contributed by atoms with van der Waals surface area (Å²) in [6.07, 6.45) is -2.21. The molecule has 5 nitrogen and oxygen atoms in total. The Balaban J connectivity index is 1.33. The second kappa shape index (κ2) is 14.6. The molecule has 1 N–H and O–H groups in total. The van der Waals surface area contributed by atoms with E-state index in [1.807, 2.05) is 115 Å². The lowest BCUT2D eigenvalue weighted by Crippen LogP contribution is -2.53. The second-order valence-electron chi connectivity index (χ2n) is 11.1. The van der Waals surface area contributed by atoms with Crippen LogP contribution in [0.3, 0.4) is 0 Å². The van der Waals surface area contributed by atoms with Gasteiger partial charge in [-0.25, -0.2) is 0 Å². The number of hydrogen-bond acceptors (Lipinski definition) is 5. The van der Waals surface area contributed by atoms with Gasteiger partial charge in [0.15, 0.2) is 6.29 Å². The summed E-state index contributed by atoms with van der Waals surface area (Å²) in [6, 6.07) is 50.8. The molecule has 1 fully saturated rings. The molecule has 5 aromatic rings. The molecule has 5 aromatic carbocycles. The van der Waals surface area contributed by atoms with Crippen LogP contribution in [0.15, 0.2) is 152 Å². The van der Waals surface area contributed by atoms with Gasteiger partial charge in [0, 0.05) is 6.42 Å². The molecule has 1 aliphatic heterocycles. The van der Waals surface area contributed by atoms with Gasteiger partial charge < -0.3 is 24.1 Å². The Morgan fingerprint density at radius 2 is 0.977 bits per heavy atom. The molecular weight excluding hydrogens is 548 g/mol. The lowest BCUT2D eigenvalue weighted by atomic mass is 9.80. The Labute approximate surface area is 259 Å². The van der Waals surface area contributed by atoms with Gasteiger partial charge in [0.05, 0.1) is 25.9 Å². The van der Waals surface area contributed by atoms with Crippen LogP contribution < -0.4 is 0 Å². The molecule has 0 bridgehead atoms. The van der Waals surface area contributed by atoms with Crippen LogP contribution in [-0.4, -0.2) is 36.3 Å².